The lowest BCUT2D eigenvalue weighted by Gasteiger charge is -2.37. The maximum absolute atomic E-state index is 12.6. The fourth-order valence-corrected chi connectivity index (χ4v) is 4.69. The van der Waals surface area contributed by atoms with Gasteiger partial charge in [-0.25, -0.2) is 5.01 Å². The van der Waals surface area contributed by atoms with E-state index in [1.807, 2.05) is 0 Å². The Morgan fingerprint density at radius 1 is 1.28 bits per heavy atom. The Labute approximate surface area is 150 Å². The van der Waals surface area contributed by atoms with Gasteiger partial charge in [-0.15, -0.1) is 0 Å². The van der Waals surface area contributed by atoms with Crippen molar-refractivity contribution in [1.29, 1.82) is 0 Å². The molecule has 2 heterocycles. The second-order valence-corrected chi connectivity index (χ2v) is 8.16. The molecular formula is C21H28N2O2. The Bertz CT molecular complexity index is 755. The van der Waals surface area contributed by atoms with Crippen LogP contribution in [0.3, 0.4) is 0 Å². The number of aryl methyl sites for hydroxylation is 1. The lowest BCUT2D eigenvalue weighted by atomic mass is 9.72. The van der Waals surface area contributed by atoms with Crippen LogP contribution in [0.5, 0.6) is 5.75 Å². The molecule has 4 heteroatoms. The lowest BCUT2D eigenvalue weighted by Crippen LogP contribution is -2.44. The summed E-state index contributed by atoms with van der Waals surface area (Å²) in [6.07, 6.45) is 6.30. The van der Waals surface area contributed by atoms with Gasteiger partial charge < -0.3 is 4.74 Å². The first-order valence-corrected chi connectivity index (χ1v) is 9.61. The quantitative estimate of drug-likeness (QED) is 0.814. The first-order chi connectivity index (χ1) is 11.9. The van der Waals surface area contributed by atoms with Crippen molar-refractivity contribution < 1.29 is 9.53 Å². The smallest absolute Gasteiger partial charge is 0.246 e. The van der Waals surface area contributed by atoms with E-state index in [4.69, 9.17) is 9.84 Å². The third-order valence-electron chi connectivity index (χ3n) is 6.39. The highest BCUT2D eigenvalue weighted by atomic mass is 16.5. The van der Waals surface area contributed by atoms with Gasteiger partial charge >= 0.3 is 0 Å². The highest BCUT2D eigenvalue weighted by Gasteiger charge is 2.43. The average Bonchev–Trinajstić information content (AvgIpc) is 2.98. The molecule has 0 saturated heterocycles. The van der Waals surface area contributed by atoms with Crippen LogP contribution in [-0.2, 0) is 11.2 Å². The summed E-state index contributed by atoms with van der Waals surface area (Å²) >= 11 is 0. The molecule has 1 saturated carbocycles. The zero-order valence-corrected chi connectivity index (χ0v) is 15.8. The molecule has 0 N–H and O–H groups in total. The van der Waals surface area contributed by atoms with Crippen molar-refractivity contribution in [3.63, 3.8) is 0 Å². The molecule has 1 amide bonds. The van der Waals surface area contributed by atoms with Crippen molar-refractivity contribution >= 4 is 11.6 Å². The summed E-state index contributed by atoms with van der Waals surface area (Å²) in [5.41, 5.74) is 4.65. The minimum absolute atomic E-state index is 0.100. The van der Waals surface area contributed by atoms with E-state index in [2.05, 4.69) is 32.9 Å². The van der Waals surface area contributed by atoms with E-state index in [0.717, 1.165) is 43.6 Å². The molecule has 0 spiro atoms. The summed E-state index contributed by atoms with van der Waals surface area (Å²) < 4.78 is 6.35. The summed E-state index contributed by atoms with van der Waals surface area (Å²) in [7, 11) is 1.80. The van der Waals surface area contributed by atoms with Crippen LogP contribution in [0, 0.1) is 18.8 Å². The monoisotopic (exact) mass is 340 g/mol. The Morgan fingerprint density at radius 3 is 2.72 bits per heavy atom. The predicted octanol–water partition coefficient (Wildman–Crippen LogP) is 4.08. The van der Waals surface area contributed by atoms with Gasteiger partial charge in [0, 0.05) is 36.4 Å². The van der Waals surface area contributed by atoms with Gasteiger partial charge in [0.15, 0.2) is 0 Å². The zero-order chi connectivity index (χ0) is 17.8. The predicted molar refractivity (Wildman–Crippen MR) is 99.0 cm³/mol. The molecular weight excluding hydrogens is 312 g/mol. The van der Waals surface area contributed by atoms with E-state index in [1.165, 1.54) is 23.1 Å². The molecule has 4 rings (SSSR count). The van der Waals surface area contributed by atoms with Crippen LogP contribution in [0.4, 0.5) is 0 Å². The van der Waals surface area contributed by atoms with Crippen LogP contribution in [0.15, 0.2) is 17.2 Å². The van der Waals surface area contributed by atoms with Crippen LogP contribution in [-0.4, -0.2) is 29.3 Å². The van der Waals surface area contributed by atoms with Gasteiger partial charge in [-0.2, -0.15) is 5.10 Å². The average molecular weight is 340 g/mol. The Hall–Kier alpha value is -1.84. The number of hydrogen-bond acceptors (Lipinski definition) is 3. The van der Waals surface area contributed by atoms with Gasteiger partial charge in [0.25, 0.3) is 0 Å². The van der Waals surface area contributed by atoms with Crippen LogP contribution in [0.25, 0.3) is 0 Å². The third-order valence-corrected chi connectivity index (χ3v) is 6.39. The number of ether oxygens (including phenoxy) is 1. The van der Waals surface area contributed by atoms with E-state index in [1.54, 1.807) is 12.1 Å². The van der Waals surface area contributed by atoms with Gasteiger partial charge in [0.1, 0.15) is 11.4 Å². The number of fused-ring (bicyclic) bond motifs is 2. The first kappa shape index (κ1) is 16.6. The van der Waals surface area contributed by atoms with Crippen molar-refractivity contribution in [2.45, 2.75) is 64.9 Å². The van der Waals surface area contributed by atoms with Crippen LogP contribution >= 0.6 is 0 Å². The molecule has 2 aliphatic heterocycles. The van der Waals surface area contributed by atoms with E-state index in [9.17, 15) is 4.79 Å². The fourth-order valence-electron chi connectivity index (χ4n) is 4.69. The number of nitrogens with zero attached hydrogens (tertiary/aromatic N) is 2. The molecule has 25 heavy (non-hydrogen) atoms. The van der Waals surface area contributed by atoms with E-state index in [-0.39, 0.29) is 23.3 Å². The minimum atomic E-state index is -0.133. The van der Waals surface area contributed by atoms with Crippen molar-refractivity contribution in [2.24, 2.45) is 16.9 Å². The Kier molecular flexibility index (Phi) is 3.89. The number of amides is 1. The van der Waals surface area contributed by atoms with Gasteiger partial charge in [0.2, 0.25) is 5.91 Å². The fraction of sp³-hybridized carbons (Fsp3) is 0.619. The Morgan fingerprint density at radius 2 is 2.00 bits per heavy atom. The van der Waals surface area contributed by atoms with Crippen molar-refractivity contribution in [1.82, 2.24) is 5.01 Å². The largest absolute Gasteiger partial charge is 0.487 e. The molecule has 0 bridgehead atoms. The van der Waals surface area contributed by atoms with Crippen molar-refractivity contribution in [2.75, 3.05) is 7.05 Å². The van der Waals surface area contributed by atoms with Crippen molar-refractivity contribution in [3.05, 3.63) is 28.8 Å². The second-order valence-electron chi connectivity index (χ2n) is 8.16. The highest BCUT2D eigenvalue weighted by Crippen LogP contribution is 2.44. The summed E-state index contributed by atoms with van der Waals surface area (Å²) in [5.74, 6) is 1.59. The van der Waals surface area contributed by atoms with Crippen molar-refractivity contribution in [3.8, 4) is 5.75 Å². The molecule has 3 unspecified atom stereocenters. The second kappa shape index (κ2) is 5.86. The zero-order valence-electron chi connectivity index (χ0n) is 15.8. The number of hydrogen-bond donors (Lipinski definition) is 0. The SMILES string of the molecule is CCC1(C)Cc2c(C3=NN(C)C(=O)C4CCCCC34)ccc(C)c2O1. The van der Waals surface area contributed by atoms with Gasteiger partial charge in [-0.05, 0) is 38.7 Å². The number of carbonyl (C=O) groups excluding carboxylic acids is 1. The Balaban J connectivity index is 1.82. The number of carbonyl (C=O) groups is 1. The summed E-state index contributed by atoms with van der Waals surface area (Å²) in [6.45, 7) is 6.49. The van der Waals surface area contributed by atoms with Gasteiger partial charge in [-0.3, -0.25) is 4.79 Å². The van der Waals surface area contributed by atoms with E-state index in [0.29, 0.717) is 0 Å². The topological polar surface area (TPSA) is 41.9 Å². The molecule has 134 valence electrons. The normalized spacial score (nSPS) is 31.3. The molecule has 1 aliphatic carbocycles. The van der Waals surface area contributed by atoms with Crippen LogP contribution in [0.1, 0.15) is 62.6 Å². The first-order valence-electron chi connectivity index (χ1n) is 9.61. The lowest BCUT2D eigenvalue weighted by molar-refractivity contribution is -0.137. The maximum atomic E-state index is 12.6. The van der Waals surface area contributed by atoms with E-state index < -0.39 is 0 Å². The third kappa shape index (κ3) is 2.57. The number of rotatable bonds is 2. The molecule has 1 aromatic carbocycles. The highest BCUT2D eigenvalue weighted by molar-refractivity contribution is 6.08. The summed E-state index contributed by atoms with van der Waals surface area (Å²) in [4.78, 5) is 12.6. The number of hydrazone groups is 1. The molecule has 4 nitrogen and oxygen atoms in total. The minimum Gasteiger partial charge on any atom is -0.487 e. The summed E-state index contributed by atoms with van der Waals surface area (Å²) in [6, 6.07) is 4.35. The standard InChI is InChI=1S/C21H28N2O2/c1-5-21(3)12-17-15(11-10-13(2)19(17)25-21)18-14-8-6-7-9-16(14)20(24)23(4)22-18/h10-11,14,16H,5-9,12H2,1-4H3. The van der Waals surface area contributed by atoms with Crippen LogP contribution in [0.2, 0.25) is 0 Å². The molecule has 1 fully saturated rings. The van der Waals surface area contributed by atoms with Gasteiger partial charge in [-0.1, -0.05) is 31.9 Å². The molecule has 0 aromatic heterocycles. The summed E-state index contributed by atoms with van der Waals surface area (Å²) in [5, 5.41) is 6.32. The number of benzene rings is 1. The van der Waals surface area contributed by atoms with E-state index >= 15 is 0 Å². The maximum Gasteiger partial charge on any atom is 0.246 e. The van der Waals surface area contributed by atoms with Crippen LogP contribution < -0.4 is 4.74 Å². The molecule has 0 radical (unpaired) electrons. The molecule has 3 aliphatic rings. The van der Waals surface area contributed by atoms with Gasteiger partial charge in [0.05, 0.1) is 5.71 Å². The molecule has 1 aromatic rings. The molecule has 3 atom stereocenters.